The molecule has 0 fully saturated rings. The highest BCUT2D eigenvalue weighted by molar-refractivity contribution is 7.47. The molecule has 0 aromatic rings. The average Bonchev–Trinajstić information content (AvgIpc) is 3.04. The zero-order valence-corrected chi connectivity index (χ0v) is 59.8. The molecule has 0 radical (unpaired) electrons. The van der Waals surface area contributed by atoms with Crippen LogP contribution in [0.4, 0.5) is 0 Å². The average molecular weight is 1300 g/mol. The Hall–Kier alpha value is -5.15. The van der Waals surface area contributed by atoms with Crippen LogP contribution in [-0.4, -0.2) is 49.3 Å². The summed E-state index contributed by atoms with van der Waals surface area (Å²) in [5.41, 5.74) is 5.41. The molecule has 0 amide bonds. The Morgan fingerprint density at radius 2 is 0.559 bits per heavy atom. The molecule has 0 saturated carbocycles. The molecule has 0 aliphatic carbocycles. The fraction of sp³-hybridized carbons (Fsp3) is 0.590. The molecule has 0 bridgehead atoms. The van der Waals surface area contributed by atoms with Gasteiger partial charge in [0.15, 0.2) is 6.10 Å². The van der Waals surface area contributed by atoms with E-state index in [0.717, 1.165) is 161 Å². The first-order valence-electron chi connectivity index (χ1n) is 36.9. The topological polar surface area (TPSA) is 134 Å². The molecule has 10 heteroatoms. The van der Waals surface area contributed by atoms with Crippen LogP contribution in [0.3, 0.4) is 0 Å². The number of nitrogens with two attached hydrogens (primary N) is 1. The quantitative estimate of drug-likeness (QED) is 0.0264. The molecule has 0 aliphatic rings. The van der Waals surface area contributed by atoms with Gasteiger partial charge in [0, 0.05) is 19.4 Å². The van der Waals surface area contributed by atoms with E-state index < -0.39 is 26.5 Å². The normalized spacial score (nSPS) is 14.1. The summed E-state index contributed by atoms with van der Waals surface area (Å²) in [4.78, 5) is 35.4. The van der Waals surface area contributed by atoms with E-state index in [2.05, 4.69) is 208 Å². The van der Waals surface area contributed by atoms with Crippen molar-refractivity contribution in [1.29, 1.82) is 0 Å². The zero-order valence-electron chi connectivity index (χ0n) is 58.9. The number of hydrogen-bond acceptors (Lipinski definition) is 8. The van der Waals surface area contributed by atoms with E-state index in [1.54, 1.807) is 0 Å². The molecule has 0 heterocycles. The van der Waals surface area contributed by atoms with Crippen LogP contribution < -0.4 is 5.73 Å². The Balaban J connectivity index is 3.97. The third-order valence-corrected chi connectivity index (χ3v) is 16.0. The number of unbranched alkanes of at least 4 members (excludes halogenated alkanes) is 22. The van der Waals surface area contributed by atoms with E-state index in [-0.39, 0.29) is 38.6 Å². The van der Waals surface area contributed by atoms with E-state index in [4.69, 9.17) is 24.3 Å². The lowest BCUT2D eigenvalue weighted by Gasteiger charge is -2.19. The summed E-state index contributed by atoms with van der Waals surface area (Å²) in [6, 6.07) is 0. The standard InChI is InChI=1S/C83H134NO8P/c1-3-5-7-9-11-13-15-17-19-21-23-25-27-29-31-33-35-37-39-40-42-44-46-48-50-52-54-56-58-60-62-64-66-68-70-72-74-76-83(86)92-81(80-91-93(87,88)90-78-77-84)79-89-82(85)75-73-71-69-67-65-63-61-59-57-55-53-51-49-47-45-43-41-38-36-34-32-30-28-26-24-22-20-18-16-14-12-10-8-6-4-2/h5-8,11-14,17-20,23-26,29-32,35-38,40,42,46,48,52,54,58,60,81H,3-4,9-10,15-16,21-22,27-28,33-34,39,41,43-45,47,49-51,53,55-57,59,61-80,84H2,1-2H3,(H,87,88)/b7-5-,8-6-,13-11-,14-12-,19-17-,20-18-,25-23-,26-24-,31-29-,32-30-,37-35-,38-36-,42-40-,48-46-,54-52-,60-58-. The van der Waals surface area contributed by atoms with Crippen molar-refractivity contribution in [2.24, 2.45) is 5.73 Å². The summed E-state index contributed by atoms with van der Waals surface area (Å²) in [5.74, 6) is -0.852. The largest absolute Gasteiger partial charge is 0.472 e. The third kappa shape index (κ3) is 75.8. The minimum absolute atomic E-state index is 0.0419. The Bertz CT molecular complexity index is 2230. The smallest absolute Gasteiger partial charge is 0.462 e. The van der Waals surface area contributed by atoms with Gasteiger partial charge >= 0.3 is 19.8 Å². The molecule has 3 N–H and O–H groups in total. The molecule has 2 unspecified atom stereocenters. The number of rotatable bonds is 67. The van der Waals surface area contributed by atoms with Crippen molar-refractivity contribution in [1.82, 2.24) is 0 Å². The van der Waals surface area contributed by atoms with Crippen LogP contribution in [0.1, 0.15) is 284 Å². The molecule has 9 nitrogen and oxygen atoms in total. The van der Waals surface area contributed by atoms with Gasteiger partial charge in [-0.05, 0) is 141 Å². The van der Waals surface area contributed by atoms with Gasteiger partial charge in [0.25, 0.3) is 0 Å². The van der Waals surface area contributed by atoms with Crippen molar-refractivity contribution in [3.63, 3.8) is 0 Å². The lowest BCUT2D eigenvalue weighted by molar-refractivity contribution is -0.161. The van der Waals surface area contributed by atoms with Crippen molar-refractivity contribution in [2.45, 2.75) is 290 Å². The van der Waals surface area contributed by atoms with Crippen molar-refractivity contribution >= 4 is 19.8 Å². The van der Waals surface area contributed by atoms with Crippen LogP contribution >= 0.6 is 7.82 Å². The van der Waals surface area contributed by atoms with E-state index >= 15 is 0 Å². The maximum Gasteiger partial charge on any atom is 0.472 e. The molecule has 93 heavy (non-hydrogen) atoms. The molecule has 0 rings (SSSR count). The summed E-state index contributed by atoms with van der Waals surface area (Å²) < 4.78 is 33.2. The summed E-state index contributed by atoms with van der Waals surface area (Å²) in [5, 5.41) is 0. The monoisotopic (exact) mass is 1300 g/mol. The van der Waals surface area contributed by atoms with Gasteiger partial charge in [0.05, 0.1) is 13.2 Å². The highest BCUT2D eigenvalue weighted by atomic mass is 31.2. The number of hydrogen-bond donors (Lipinski definition) is 2. The van der Waals surface area contributed by atoms with Crippen LogP contribution in [0.5, 0.6) is 0 Å². The minimum Gasteiger partial charge on any atom is -0.462 e. The predicted molar refractivity (Wildman–Crippen MR) is 403 cm³/mol. The number of phosphoric ester groups is 1. The Morgan fingerprint density at radius 3 is 0.828 bits per heavy atom. The number of carbonyl (C=O) groups excluding carboxylic acids is 2. The number of carbonyl (C=O) groups is 2. The second-order valence-corrected chi connectivity index (χ2v) is 25.1. The minimum atomic E-state index is -4.41. The van der Waals surface area contributed by atoms with Crippen molar-refractivity contribution in [3.05, 3.63) is 194 Å². The van der Waals surface area contributed by atoms with Gasteiger partial charge in [-0.3, -0.25) is 18.6 Å². The molecule has 2 atom stereocenters. The van der Waals surface area contributed by atoms with E-state index in [1.807, 2.05) is 0 Å². The second-order valence-electron chi connectivity index (χ2n) is 23.7. The molecule has 0 aromatic heterocycles. The van der Waals surface area contributed by atoms with Gasteiger partial charge in [0.2, 0.25) is 0 Å². The summed E-state index contributed by atoms with van der Waals surface area (Å²) >= 11 is 0. The maximum absolute atomic E-state index is 12.8. The lowest BCUT2D eigenvalue weighted by atomic mass is 10.0. The molecule has 524 valence electrons. The first-order valence-corrected chi connectivity index (χ1v) is 38.4. The number of esters is 2. The van der Waals surface area contributed by atoms with E-state index in [1.165, 1.54) is 89.9 Å². The first kappa shape index (κ1) is 87.9. The zero-order chi connectivity index (χ0) is 67.2. The Morgan fingerprint density at radius 1 is 0.323 bits per heavy atom. The van der Waals surface area contributed by atoms with E-state index in [0.29, 0.717) is 6.42 Å². The maximum atomic E-state index is 12.8. The summed E-state index contributed by atoms with van der Waals surface area (Å²) in [7, 11) is -4.41. The fourth-order valence-corrected chi connectivity index (χ4v) is 10.4. The summed E-state index contributed by atoms with van der Waals surface area (Å²) in [6.45, 7) is 3.49. The van der Waals surface area contributed by atoms with Crippen LogP contribution in [-0.2, 0) is 32.7 Å². The van der Waals surface area contributed by atoms with Crippen LogP contribution in [0.25, 0.3) is 0 Å². The predicted octanol–water partition coefficient (Wildman–Crippen LogP) is 24.9. The van der Waals surface area contributed by atoms with Crippen LogP contribution in [0.2, 0.25) is 0 Å². The molecule has 0 aliphatic heterocycles. The van der Waals surface area contributed by atoms with Gasteiger partial charge in [0.1, 0.15) is 6.61 Å². The van der Waals surface area contributed by atoms with Gasteiger partial charge in [-0.1, -0.05) is 324 Å². The molecule has 0 saturated heterocycles. The number of ether oxygens (including phenoxy) is 2. The lowest BCUT2D eigenvalue weighted by Crippen LogP contribution is -2.29. The van der Waals surface area contributed by atoms with Crippen LogP contribution in [0, 0.1) is 0 Å². The molecule has 0 aromatic carbocycles. The van der Waals surface area contributed by atoms with Gasteiger partial charge in [-0.2, -0.15) is 0 Å². The van der Waals surface area contributed by atoms with Gasteiger partial charge in [-0.15, -0.1) is 0 Å². The number of phosphoric acid groups is 1. The highest BCUT2D eigenvalue weighted by Crippen LogP contribution is 2.43. The molecule has 0 spiro atoms. The van der Waals surface area contributed by atoms with Crippen molar-refractivity contribution in [3.8, 4) is 0 Å². The van der Waals surface area contributed by atoms with Crippen molar-refractivity contribution < 1.29 is 37.6 Å². The second kappa shape index (κ2) is 75.9. The fourth-order valence-electron chi connectivity index (χ4n) is 9.61. The van der Waals surface area contributed by atoms with Crippen molar-refractivity contribution in [2.75, 3.05) is 26.4 Å². The van der Waals surface area contributed by atoms with Gasteiger partial charge < -0.3 is 20.1 Å². The first-order chi connectivity index (χ1) is 45.8. The SMILES string of the molecule is CC/C=C\C/C=C\C/C=C\C/C=C\C/C=C\C/C=C\C/C=C\C/C=C\C/C=C\C/C=C\CCCCCCCCC(=O)OC(COC(=O)CCCCCCCCCCCCCCCCCC/C=C\C/C=C\C/C=C\C/C=C\C/C=C\C/C=C\CC)COP(=O)(O)OCCN. The highest BCUT2D eigenvalue weighted by Gasteiger charge is 2.26. The van der Waals surface area contributed by atoms with Crippen LogP contribution in [0.15, 0.2) is 194 Å². The Kier molecular flexibility index (Phi) is 71.7. The Labute approximate surface area is 570 Å². The summed E-state index contributed by atoms with van der Waals surface area (Å²) in [6.07, 6.45) is 115. The molecular formula is C83H134NO8P. The van der Waals surface area contributed by atoms with Gasteiger partial charge in [-0.25, -0.2) is 4.57 Å². The number of allylic oxidation sites excluding steroid dienone is 32. The van der Waals surface area contributed by atoms with E-state index in [9.17, 15) is 19.0 Å². The molecular weight excluding hydrogens is 1170 g/mol. The third-order valence-electron chi connectivity index (χ3n) is 15.0.